The molecule has 1 aliphatic heterocycles. The molecule has 0 atom stereocenters. The van der Waals surface area contributed by atoms with Crippen LogP contribution in [0.2, 0.25) is 0 Å². The van der Waals surface area contributed by atoms with Gasteiger partial charge in [0.2, 0.25) is 11.8 Å². The molecule has 2 rings (SSSR count). The fourth-order valence-electron chi connectivity index (χ4n) is 3.27. The smallest absolute Gasteiger partial charge is 0.248 e. The number of amides is 2. The molecule has 6 heteroatoms. The van der Waals surface area contributed by atoms with Crippen molar-refractivity contribution in [3.05, 3.63) is 29.8 Å². The van der Waals surface area contributed by atoms with Gasteiger partial charge in [0, 0.05) is 44.0 Å². The van der Waals surface area contributed by atoms with Crippen LogP contribution in [0.4, 0.5) is 5.69 Å². The highest BCUT2D eigenvalue weighted by Gasteiger charge is 2.37. The van der Waals surface area contributed by atoms with E-state index in [1.54, 1.807) is 12.1 Å². The van der Waals surface area contributed by atoms with Crippen LogP contribution in [0, 0.1) is 5.41 Å². The summed E-state index contributed by atoms with van der Waals surface area (Å²) >= 11 is 0. The molecule has 0 unspecified atom stereocenters. The van der Waals surface area contributed by atoms with Crippen molar-refractivity contribution in [3.63, 3.8) is 0 Å². The standard InChI is InChI=1S/C18H28N4O2/c1-3-18(4-2,13-19)17(24)22-11-9-21(10-12-22)15-7-5-14(6-8-15)16(20)23/h5-8H,3-4,9-13,19H2,1-2H3,(H2,20,23). The van der Waals surface area contributed by atoms with Crippen LogP contribution in [0.3, 0.4) is 0 Å². The largest absolute Gasteiger partial charge is 0.368 e. The molecule has 0 saturated carbocycles. The predicted octanol–water partition coefficient (Wildman–Crippen LogP) is 1.20. The summed E-state index contributed by atoms with van der Waals surface area (Å²) in [6.07, 6.45) is 1.54. The van der Waals surface area contributed by atoms with E-state index in [1.807, 2.05) is 30.9 Å². The fourth-order valence-corrected chi connectivity index (χ4v) is 3.27. The van der Waals surface area contributed by atoms with Crippen molar-refractivity contribution in [1.29, 1.82) is 0 Å². The molecule has 1 fully saturated rings. The number of piperazine rings is 1. The van der Waals surface area contributed by atoms with Crippen LogP contribution in [0.15, 0.2) is 24.3 Å². The third kappa shape index (κ3) is 3.53. The molecule has 1 aliphatic rings. The maximum Gasteiger partial charge on any atom is 0.248 e. The molecule has 0 aliphatic carbocycles. The van der Waals surface area contributed by atoms with Gasteiger partial charge in [-0.3, -0.25) is 9.59 Å². The molecule has 1 heterocycles. The predicted molar refractivity (Wildman–Crippen MR) is 95.8 cm³/mol. The average molecular weight is 332 g/mol. The van der Waals surface area contributed by atoms with E-state index in [-0.39, 0.29) is 5.91 Å². The summed E-state index contributed by atoms with van der Waals surface area (Å²) in [5, 5.41) is 0. The van der Waals surface area contributed by atoms with Crippen molar-refractivity contribution in [3.8, 4) is 0 Å². The van der Waals surface area contributed by atoms with E-state index in [0.29, 0.717) is 25.2 Å². The zero-order chi connectivity index (χ0) is 17.7. The molecule has 4 N–H and O–H groups in total. The number of benzene rings is 1. The van der Waals surface area contributed by atoms with Crippen molar-refractivity contribution < 1.29 is 9.59 Å². The van der Waals surface area contributed by atoms with Crippen molar-refractivity contribution >= 4 is 17.5 Å². The first kappa shape index (κ1) is 18.3. The first-order chi connectivity index (χ1) is 11.5. The molecule has 1 saturated heterocycles. The number of hydrogen-bond donors (Lipinski definition) is 2. The van der Waals surface area contributed by atoms with E-state index in [4.69, 9.17) is 11.5 Å². The Morgan fingerprint density at radius 1 is 1.04 bits per heavy atom. The summed E-state index contributed by atoms with van der Waals surface area (Å²) in [5.74, 6) is -0.243. The molecule has 2 amide bonds. The van der Waals surface area contributed by atoms with E-state index in [9.17, 15) is 9.59 Å². The van der Waals surface area contributed by atoms with Gasteiger partial charge in [0.1, 0.15) is 0 Å². The SMILES string of the molecule is CCC(CC)(CN)C(=O)N1CCN(c2ccc(C(N)=O)cc2)CC1. The fraction of sp³-hybridized carbons (Fsp3) is 0.556. The third-order valence-corrected chi connectivity index (χ3v) is 5.28. The highest BCUT2D eigenvalue weighted by Crippen LogP contribution is 2.28. The molecule has 0 bridgehead atoms. The summed E-state index contributed by atoms with van der Waals surface area (Å²) in [6.45, 7) is 7.39. The van der Waals surface area contributed by atoms with E-state index in [0.717, 1.165) is 31.6 Å². The first-order valence-corrected chi connectivity index (χ1v) is 8.61. The van der Waals surface area contributed by atoms with Gasteiger partial charge in [0.25, 0.3) is 0 Å². The van der Waals surface area contributed by atoms with Gasteiger partial charge in [-0.15, -0.1) is 0 Å². The third-order valence-electron chi connectivity index (χ3n) is 5.28. The number of carbonyl (C=O) groups is 2. The topological polar surface area (TPSA) is 92.7 Å². The molecule has 0 spiro atoms. The Hall–Kier alpha value is -2.08. The summed E-state index contributed by atoms with van der Waals surface area (Å²) in [5.41, 5.74) is 12.3. The maximum absolute atomic E-state index is 12.9. The van der Waals surface area contributed by atoms with Crippen LogP contribution in [0.5, 0.6) is 0 Å². The second-order valence-corrected chi connectivity index (χ2v) is 6.38. The molecular formula is C18H28N4O2. The zero-order valence-corrected chi connectivity index (χ0v) is 14.6. The number of primary amides is 1. The number of nitrogens with two attached hydrogens (primary N) is 2. The van der Waals surface area contributed by atoms with Crippen LogP contribution in [-0.2, 0) is 4.79 Å². The molecule has 0 aromatic heterocycles. The minimum atomic E-state index is -0.425. The number of hydrogen-bond acceptors (Lipinski definition) is 4. The van der Waals surface area contributed by atoms with E-state index < -0.39 is 11.3 Å². The summed E-state index contributed by atoms with van der Waals surface area (Å²) in [6, 6.07) is 7.28. The average Bonchev–Trinajstić information content (AvgIpc) is 2.63. The quantitative estimate of drug-likeness (QED) is 0.818. The van der Waals surface area contributed by atoms with Gasteiger partial charge in [0.05, 0.1) is 5.41 Å². The number of carbonyl (C=O) groups excluding carboxylic acids is 2. The molecular weight excluding hydrogens is 304 g/mol. The van der Waals surface area contributed by atoms with Gasteiger partial charge in [-0.1, -0.05) is 13.8 Å². The number of rotatable bonds is 6. The highest BCUT2D eigenvalue weighted by atomic mass is 16.2. The van der Waals surface area contributed by atoms with Crippen molar-refractivity contribution in [2.24, 2.45) is 16.9 Å². The molecule has 24 heavy (non-hydrogen) atoms. The number of anilines is 1. The van der Waals surface area contributed by atoms with Crippen molar-refractivity contribution in [1.82, 2.24) is 4.90 Å². The molecule has 132 valence electrons. The molecule has 1 aromatic rings. The van der Waals surface area contributed by atoms with Crippen LogP contribution >= 0.6 is 0 Å². The first-order valence-electron chi connectivity index (χ1n) is 8.61. The van der Waals surface area contributed by atoms with Gasteiger partial charge < -0.3 is 21.3 Å². The Labute approximate surface area is 143 Å². The summed E-state index contributed by atoms with van der Waals surface area (Å²) < 4.78 is 0. The molecule has 0 radical (unpaired) electrons. The lowest BCUT2D eigenvalue weighted by Crippen LogP contribution is -2.54. The monoisotopic (exact) mass is 332 g/mol. The maximum atomic E-state index is 12.9. The minimum absolute atomic E-state index is 0.179. The van der Waals surface area contributed by atoms with Gasteiger partial charge in [0.15, 0.2) is 0 Å². The lowest BCUT2D eigenvalue weighted by molar-refractivity contribution is -0.142. The van der Waals surface area contributed by atoms with Gasteiger partial charge >= 0.3 is 0 Å². The molecule has 1 aromatic carbocycles. The summed E-state index contributed by atoms with van der Waals surface area (Å²) in [4.78, 5) is 28.1. The summed E-state index contributed by atoms with van der Waals surface area (Å²) in [7, 11) is 0. The Bertz CT molecular complexity index is 565. The Balaban J connectivity index is 2.00. The van der Waals surface area contributed by atoms with E-state index in [1.165, 1.54) is 0 Å². The van der Waals surface area contributed by atoms with E-state index >= 15 is 0 Å². The lowest BCUT2D eigenvalue weighted by atomic mass is 9.81. The van der Waals surface area contributed by atoms with Gasteiger partial charge in [-0.25, -0.2) is 0 Å². The Morgan fingerprint density at radius 3 is 2.00 bits per heavy atom. The van der Waals surface area contributed by atoms with Crippen LogP contribution < -0.4 is 16.4 Å². The second kappa shape index (κ2) is 7.66. The zero-order valence-electron chi connectivity index (χ0n) is 14.6. The van der Waals surface area contributed by atoms with Gasteiger partial charge in [-0.05, 0) is 37.1 Å². The van der Waals surface area contributed by atoms with Crippen LogP contribution in [-0.4, -0.2) is 49.4 Å². The van der Waals surface area contributed by atoms with Crippen LogP contribution in [0.1, 0.15) is 37.0 Å². The van der Waals surface area contributed by atoms with Gasteiger partial charge in [-0.2, -0.15) is 0 Å². The van der Waals surface area contributed by atoms with Crippen LogP contribution in [0.25, 0.3) is 0 Å². The minimum Gasteiger partial charge on any atom is -0.368 e. The second-order valence-electron chi connectivity index (χ2n) is 6.38. The normalized spacial score (nSPS) is 15.5. The Kier molecular flexibility index (Phi) is 5.83. The number of nitrogens with zero attached hydrogens (tertiary/aromatic N) is 2. The lowest BCUT2D eigenvalue weighted by Gasteiger charge is -2.41. The Morgan fingerprint density at radius 2 is 1.58 bits per heavy atom. The van der Waals surface area contributed by atoms with Crippen molar-refractivity contribution in [2.75, 3.05) is 37.6 Å². The highest BCUT2D eigenvalue weighted by molar-refractivity contribution is 5.93. The molecule has 6 nitrogen and oxygen atoms in total. The van der Waals surface area contributed by atoms with E-state index in [2.05, 4.69) is 4.90 Å². The van der Waals surface area contributed by atoms with Crippen molar-refractivity contribution in [2.45, 2.75) is 26.7 Å².